The van der Waals surface area contributed by atoms with Crippen LogP contribution in [0, 0.1) is 6.92 Å². The molecule has 0 radical (unpaired) electrons. The van der Waals surface area contributed by atoms with Gasteiger partial charge in [-0.1, -0.05) is 12.1 Å². The summed E-state index contributed by atoms with van der Waals surface area (Å²) in [7, 11) is -2.55. The molecule has 2 aromatic rings. The summed E-state index contributed by atoms with van der Waals surface area (Å²) in [4.78, 5) is 8.52. The quantitative estimate of drug-likeness (QED) is 0.798. The summed E-state index contributed by atoms with van der Waals surface area (Å²) < 4.78 is 21.7. The minimum Gasteiger partial charge on any atom is -0.242 e. The van der Waals surface area contributed by atoms with Crippen LogP contribution in [-0.4, -0.2) is 18.4 Å². The molecule has 0 fully saturated rings. The lowest BCUT2D eigenvalue weighted by Gasteiger charge is -2.01. The van der Waals surface area contributed by atoms with E-state index in [1.165, 1.54) is 0 Å². The average molecular weight is 234 g/mol. The second-order valence-electron chi connectivity index (χ2n) is 3.30. The van der Waals surface area contributed by atoms with Crippen LogP contribution in [0.3, 0.4) is 0 Å². The first kappa shape index (κ1) is 10.8. The molecule has 0 amide bonds. The lowest BCUT2D eigenvalue weighted by atomic mass is 10.1. The largest absolute Gasteiger partial charge is 0.242 e. The molecule has 1 aromatic carbocycles. The normalized spacial score (nSPS) is 10.6. The van der Waals surface area contributed by atoms with Crippen LogP contribution in [0.5, 0.6) is 0 Å². The summed E-state index contributed by atoms with van der Waals surface area (Å²) in [5.74, 6) is 0.661. The molecule has 82 valence electrons. The van der Waals surface area contributed by atoms with Gasteiger partial charge in [-0.2, -0.15) is 0 Å². The molecule has 0 aliphatic carbocycles. The van der Waals surface area contributed by atoms with Crippen molar-refractivity contribution in [2.75, 3.05) is 0 Å². The molecule has 1 heterocycles. The maximum atomic E-state index is 10.9. The van der Waals surface area contributed by atoms with Crippen LogP contribution >= 0.6 is 0 Å². The summed E-state index contributed by atoms with van der Waals surface area (Å²) in [6.07, 6.45) is 1.65. The van der Waals surface area contributed by atoms with E-state index in [9.17, 15) is 8.42 Å². The van der Waals surface area contributed by atoms with Crippen molar-refractivity contribution in [2.24, 2.45) is 0 Å². The number of thiol groups is 1. The Hall–Kier alpha value is -1.75. The number of rotatable bonds is 2. The summed E-state index contributed by atoms with van der Waals surface area (Å²) in [6, 6.07) is 8.44. The zero-order valence-corrected chi connectivity index (χ0v) is 9.52. The van der Waals surface area contributed by atoms with Crippen molar-refractivity contribution >= 4 is 10.7 Å². The third-order valence-corrected chi connectivity index (χ3v) is 2.83. The molecular formula is C11H10N2O2S. The van der Waals surface area contributed by atoms with Gasteiger partial charge >= 0.3 is 0 Å². The molecule has 0 spiro atoms. The first-order chi connectivity index (χ1) is 7.66. The molecule has 0 saturated carbocycles. The Kier molecular flexibility index (Phi) is 2.96. The molecule has 5 heteroatoms. The van der Waals surface area contributed by atoms with Crippen molar-refractivity contribution in [1.82, 2.24) is 9.97 Å². The van der Waals surface area contributed by atoms with Crippen LogP contribution in [0.1, 0.15) is 5.82 Å². The summed E-state index contributed by atoms with van der Waals surface area (Å²) in [6.45, 7) is 1.79. The molecule has 0 aliphatic rings. The van der Waals surface area contributed by atoms with Crippen LogP contribution in [0.4, 0.5) is 0 Å². The van der Waals surface area contributed by atoms with Gasteiger partial charge in [-0.25, -0.2) is 18.4 Å². The van der Waals surface area contributed by atoms with Crippen molar-refractivity contribution in [3.63, 3.8) is 0 Å². The van der Waals surface area contributed by atoms with Gasteiger partial charge in [0.15, 0.2) is 10.7 Å². The first-order valence-corrected chi connectivity index (χ1v) is 5.89. The number of benzene rings is 1. The van der Waals surface area contributed by atoms with E-state index in [2.05, 4.69) is 9.97 Å². The molecular weight excluding hydrogens is 224 g/mol. The van der Waals surface area contributed by atoms with Gasteiger partial charge in [-0.3, -0.25) is 0 Å². The van der Waals surface area contributed by atoms with Crippen LogP contribution in [0.15, 0.2) is 41.4 Å². The van der Waals surface area contributed by atoms with Crippen LogP contribution in [0.2, 0.25) is 0 Å². The van der Waals surface area contributed by atoms with Gasteiger partial charge in [-0.05, 0) is 25.1 Å². The lowest BCUT2D eigenvalue weighted by molar-refractivity contribution is 0.614. The van der Waals surface area contributed by atoms with Crippen molar-refractivity contribution < 1.29 is 8.42 Å². The Labute approximate surface area is 95.0 Å². The second kappa shape index (κ2) is 4.40. The second-order valence-corrected chi connectivity index (χ2v) is 4.33. The molecule has 2 rings (SSSR count). The van der Waals surface area contributed by atoms with Gasteiger partial charge in [0.05, 0.1) is 10.6 Å². The highest BCUT2D eigenvalue weighted by molar-refractivity contribution is 7.72. The summed E-state index contributed by atoms with van der Waals surface area (Å²) in [5.41, 5.74) is 1.51. The van der Waals surface area contributed by atoms with E-state index < -0.39 is 10.7 Å². The zero-order chi connectivity index (χ0) is 11.5. The fraction of sp³-hybridized carbons (Fsp3) is 0.0909. The van der Waals surface area contributed by atoms with Crippen molar-refractivity contribution in [2.45, 2.75) is 11.8 Å². The molecule has 0 bridgehead atoms. The summed E-state index contributed by atoms with van der Waals surface area (Å²) in [5, 5.41) is 0. The van der Waals surface area contributed by atoms with Gasteiger partial charge in [0.1, 0.15) is 5.82 Å². The van der Waals surface area contributed by atoms with E-state index in [1.54, 1.807) is 37.4 Å². The van der Waals surface area contributed by atoms with Crippen molar-refractivity contribution in [1.29, 1.82) is 0 Å². The maximum absolute atomic E-state index is 10.9. The van der Waals surface area contributed by atoms with E-state index in [4.69, 9.17) is 0 Å². The predicted octanol–water partition coefficient (Wildman–Crippen LogP) is 1.42. The molecule has 0 atom stereocenters. The van der Waals surface area contributed by atoms with Crippen LogP contribution < -0.4 is 0 Å². The molecule has 4 nitrogen and oxygen atoms in total. The molecule has 0 aliphatic heterocycles. The van der Waals surface area contributed by atoms with Gasteiger partial charge < -0.3 is 0 Å². The van der Waals surface area contributed by atoms with Gasteiger partial charge in [0.2, 0.25) is 0 Å². The topological polar surface area (TPSA) is 59.9 Å². The number of aryl methyl sites for hydroxylation is 1. The van der Waals surface area contributed by atoms with E-state index in [1.807, 2.05) is 6.07 Å². The third kappa shape index (κ3) is 2.25. The molecule has 1 aromatic heterocycles. The Morgan fingerprint density at radius 2 is 2.00 bits per heavy atom. The first-order valence-electron chi connectivity index (χ1n) is 4.71. The Balaban J connectivity index is 2.52. The van der Waals surface area contributed by atoms with Crippen LogP contribution in [-0.2, 0) is 10.7 Å². The van der Waals surface area contributed by atoms with Crippen molar-refractivity contribution in [3.05, 3.63) is 42.4 Å². The molecule has 0 saturated heterocycles. The Bertz CT molecular complexity index is 586. The van der Waals surface area contributed by atoms with Gasteiger partial charge in [-0.15, -0.1) is 0 Å². The maximum Gasteiger partial charge on any atom is 0.168 e. The van der Waals surface area contributed by atoms with Gasteiger partial charge in [0, 0.05) is 11.8 Å². The zero-order valence-electron chi connectivity index (χ0n) is 8.62. The molecule has 16 heavy (non-hydrogen) atoms. The highest BCUT2D eigenvalue weighted by Gasteiger charge is 2.02. The third-order valence-electron chi connectivity index (χ3n) is 2.13. The molecule has 0 N–H and O–H groups in total. The van der Waals surface area contributed by atoms with E-state index >= 15 is 0 Å². The number of hydrogen-bond donors (Lipinski definition) is 1. The monoisotopic (exact) mass is 234 g/mol. The SMILES string of the molecule is Cc1nccc(-c2cccc([SH](=O)=O)c2)n1. The lowest BCUT2D eigenvalue weighted by Crippen LogP contribution is -1.90. The van der Waals surface area contributed by atoms with E-state index in [0.717, 1.165) is 11.3 Å². The summed E-state index contributed by atoms with van der Waals surface area (Å²) >= 11 is 0. The van der Waals surface area contributed by atoms with E-state index in [-0.39, 0.29) is 0 Å². The smallest absolute Gasteiger partial charge is 0.168 e. The Morgan fingerprint density at radius 1 is 1.19 bits per heavy atom. The highest BCUT2D eigenvalue weighted by atomic mass is 32.2. The number of aromatic nitrogens is 2. The van der Waals surface area contributed by atoms with E-state index in [0.29, 0.717) is 10.7 Å². The van der Waals surface area contributed by atoms with Gasteiger partial charge in [0.25, 0.3) is 0 Å². The molecule has 0 unspecified atom stereocenters. The predicted molar refractivity (Wildman–Crippen MR) is 60.8 cm³/mol. The number of nitrogens with zero attached hydrogens (tertiary/aromatic N) is 2. The van der Waals surface area contributed by atoms with Crippen LogP contribution in [0.25, 0.3) is 11.3 Å². The average Bonchev–Trinajstić information content (AvgIpc) is 2.29. The minimum absolute atomic E-state index is 0.295. The fourth-order valence-electron chi connectivity index (χ4n) is 1.40. The minimum atomic E-state index is -2.55. The number of hydrogen-bond acceptors (Lipinski definition) is 4. The standard InChI is InChI=1S/C11H10N2O2S/c1-8-12-6-5-11(13-8)9-3-2-4-10(7-9)16(14)15/h2-7,16H,1H3. The fourth-order valence-corrected chi connectivity index (χ4v) is 1.85. The Morgan fingerprint density at radius 3 is 2.69 bits per heavy atom. The van der Waals surface area contributed by atoms with Crippen molar-refractivity contribution in [3.8, 4) is 11.3 Å². The highest BCUT2D eigenvalue weighted by Crippen LogP contribution is 2.18.